The minimum atomic E-state index is -3.91. The van der Waals surface area contributed by atoms with Crippen LogP contribution in [0.3, 0.4) is 0 Å². The summed E-state index contributed by atoms with van der Waals surface area (Å²) in [5.74, 6) is -0.446. The first-order chi connectivity index (χ1) is 9.55. The number of amides is 1. The Bertz CT molecular complexity index is 684. The van der Waals surface area contributed by atoms with Crippen LogP contribution in [-0.4, -0.2) is 26.4 Å². The maximum absolute atomic E-state index is 12.1. The van der Waals surface area contributed by atoms with Crippen LogP contribution in [0.2, 0.25) is 0 Å². The molecule has 0 atom stereocenters. The van der Waals surface area contributed by atoms with Crippen LogP contribution in [0, 0.1) is 11.3 Å². The second-order valence-electron chi connectivity index (χ2n) is 5.49. The predicted octanol–water partition coefficient (Wildman–Crippen LogP) is 0.333. The van der Waals surface area contributed by atoms with E-state index in [4.69, 9.17) is 11.0 Å². The molecule has 1 amide bonds. The zero-order valence-corrected chi connectivity index (χ0v) is 12.9. The standard InChI is InChI=1S/C13H18N4O3S/c1-13(2,3)17-12(18)8-16-21(19,20)11-5-4-9(7-14)6-10(11)15/h4-6,16H,8,15H2,1-3H3,(H,17,18). The number of nitrogens with two attached hydrogens (primary N) is 1. The Kier molecular flexibility index (Phi) is 4.93. The summed E-state index contributed by atoms with van der Waals surface area (Å²) >= 11 is 0. The van der Waals surface area contributed by atoms with Gasteiger partial charge < -0.3 is 11.1 Å². The fourth-order valence-electron chi connectivity index (χ4n) is 1.56. The molecule has 0 bridgehead atoms. The van der Waals surface area contributed by atoms with Crippen molar-refractivity contribution in [3.05, 3.63) is 23.8 Å². The van der Waals surface area contributed by atoms with Crippen molar-refractivity contribution in [2.75, 3.05) is 12.3 Å². The van der Waals surface area contributed by atoms with E-state index in [9.17, 15) is 13.2 Å². The van der Waals surface area contributed by atoms with E-state index in [0.29, 0.717) is 0 Å². The van der Waals surface area contributed by atoms with E-state index in [1.165, 1.54) is 18.2 Å². The molecule has 1 rings (SSSR count). The molecule has 1 aromatic rings. The van der Waals surface area contributed by atoms with E-state index < -0.39 is 21.5 Å². The molecule has 8 heteroatoms. The lowest BCUT2D eigenvalue weighted by Crippen LogP contribution is -2.45. The van der Waals surface area contributed by atoms with Crippen LogP contribution in [0.5, 0.6) is 0 Å². The number of rotatable bonds is 4. The lowest BCUT2D eigenvalue weighted by molar-refractivity contribution is -0.121. The van der Waals surface area contributed by atoms with Crippen LogP contribution in [0.15, 0.2) is 23.1 Å². The Labute approximate surface area is 124 Å². The lowest BCUT2D eigenvalue weighted by atomic mass is 10.1. The summed E-state index contributed by atoms with van der Waals surface area (Å²) in [5, 5.41) is 11.4. The molecule has 114 valence electrons. The van der Waals surface area contributed by atoms with Crippen LogP contribution in [0.4, 0.5) is 5.69 Å². The van der Waals surface area contributed by atoms with Crippen molar-refractivity contribution >= 4 is 21.6 Å². The van der Waals surface area contributed by atoms with Gasteiger partial charge in [-0.3, -0.25) is 4.79 Å². The number of nitrogens with one attached hydrogen (secondary N) is 2. The molecule has 0 aromatic heterocycles. The third-order valence-electron chi connectivity index (χ3n) is 2.37. The highest BCUT2D eigenvalue weighted by atomic mass is 32.2. The number of hydrogen-bond acceptors (Lipinski definition) is 5. The van der Waals surface area contributed by atoms with Crippen LogP contribution in [0.1, 0.15) is 26.3 Å². The largest absolute Gasteiger partial charge is 0.398 e. The van der Waals surface area contributed by atoms with Gasteiger partial charge >= 0.3 is 0 Å². The minimum absolute atomic E-state index is 0.0437. The first kappa shape index (κ1) is 16.9. The summed E-state index contributed by atoms with van der Waals surface area (Å²) in [6.45, 7) is 4.98. The van der Waals surface area contributed by atoms with Gasteiger partial charge in [-0.15, -0.1) is 0 Å². The second kappa shape index (κ2) is 6.11. The smallest absolute Gasteiger partial charge is 0.243 e. The third kappa shape index (κ3) is 5.06. The highest BCUT2D eigenvalue weighted by Gasteiger charge is 2.20. The van der Waals surface area contributed by atoms with Crippen molar-refractivity contribution in [3.8, 4) is 6.07 Å². The Morgan fingerprint density at radius 3 is 2.48 bits per heavy atom. The molecule has 0 radical (unpaired) electrons. The number of anilines is 1. The van der Waals surface area contributed by atoms with Gasteiger partial charge in [-0.05, 0) is 39.0 Å². The highest BCUT2D eigenvalue weighted by Crippen LogP contribution is 2.19. The van der Waals surface area contributed by atoms with Gasteiger partial charge in [-0.2, -0.15) is 5.26 Å². The summed E-state index contributed by atoms with van der Waals surface area (Å²) in [7, 11) is -3.91. The molecule has 1 aromatic carbocycles. The molecular weight excluding hydrogens is 292 g/mol. The number of nitrogens with zero attached hydrogens (tertiary/aromatic N) is 1. The van der Waals surface area contributed by atoms with E-state index in [1.807, 2.05) is 6.07 Å². The van der Waals surface area contributed by atoms with Gasteiger partial charge in [0.05, 0.1) is 23.9 Å². The summed E-state index contributed by atoms with van der Waals surface area (Å²) in [6.07, 6.45) is 0. The molecule has 0 saturated heterocycles. The number of hydrogen-bond donors (Lipinski definition) is 3. The second-order valence-corrected chi connectivity index (χ2v) is 7.22. The molecule has 0 heterocycles. The zero-order valence-electron chi connectivity index (χ0n) is 12.1. The van der Waals surface area contributed by atoms with Crippen molar-refractivity contribution in [1.82, 2.24) is 10.0 Å². The number of carbonyl (C=O) groups is 1. The summed E-state index contributed by atoms with van der Waals surface area (Å²) in [4.78, 5) is 11.4. The number of nitriles is 1. The van der Waals surface area contributed by atoms with Gasteiger partial charge in [0.15, 0.2) is 0 Å². The molecule has 0 aliphatic carbocycles. The Balaban J connectivity index is 2.84. The Morgan fingerprint density at radius 1 is 1.38 bits per heavy atom. The zero-order chi connectivity index (χ0) is 16.3. The maximum Gasteiger partial charge on any atom is 0.243 e. The fraction of sp³-hybridized carbons (Fsp3) is 0.385. The summed E-state index contributed by atoms with van der Waals surface area (Å²) in [6, 6.07) is 5.71. The molecule has 4 N–H and O–H groups in total. The van der Waals surface area contributed by atoms with Gasteiger partial charge in [0.1, 0.15) is 4.90 Å². The van der Waals surface area contributed by atoms with Crippen molar-refractivity contribution in [2.45, 2.75) is 31.2 Å². The highest BCUT2D eigenvalue weighted by molar-refractivity contribution is 7.89. The molecule has 0 unspecified atom stereocenters. The molecule has 7 nitrogen and oxygen atoms in total. The van der Waals surface area contributed by atoms with Crippen molar-refractivity contribution < 1.29 is 13.2 Å². The molecular formula is C13H18N4O3S. The van der Waals surface area contributed by atoms with Crippen molar-refractivity contribution in [1.29, 1.82) is 5.26 Å². The van der Waals surface area contributed by atoms with Gasteiger partial charge in [-0.1, -0.05) is 0 Å². The lowest BCUT2D eigenvalue weighted by Gasteiger charge is -2.20. The van der Waals surface area contributed by atoms with Crippen LogP contribution in [0.25, 0.3) is 0 Å². The van der Waals surface area contributed by atoms with E-state index >= 15 is 0 Å². The normalized spacial score (nSPS) is 11.7. The van der Waals surface area contributed by atoms with Crippen LogP contribution < -0.4 is 15.8 Å². The van der Waals surface area contributed by atoms with Crippen LogP contribution in [-0.2, 0) is 14.8 Å². The first-order valence-corrected chi connectivity index (χ1v) is 7.64. The maximum atomic E-state index is 12.1. The SMILES string of the molecule is CC(C)(C)NC(=O)CNS(=O)(=O)c1ccc(C#N)cc1N. The van der Waals surface area contributed by atoms with E-state index in [-0.39, 0.29) is 22.7 Å². The third-order valence-corrected chi connectivity index (χ3v) is 3.84. The van der Waals surface area contributed by atoms with E-state index in [2.05, 4.69) is 10.0 Å². The molecule has 21 heavy (non-hydrogen) atoms. The first-order valence-electron chi connectivity index (χ1n) is 6.15. The Hall–Kier alpha value is -2.11. The Morgan fingerprint density at radius 2 is 2.00 bits per heavy atom. The number of sulfonamides is 1. The number of nitrogen functional groups attached to an aromatic ring is 1. The summed E-state index contributed by atoms with van der Waals surface area (Å²) in [5.41, 5.74) is 5.39. The average molecular weight is 310 g/mol. The molecule has 0 aliphatic rings. The minimum Gasteiger partial charge on any atom is -0.398 e. The summed E-state index contributed by atoms with van der Waals surface area (Å²) < 4.78 is 26.3. The van der Waals surface area contributed by atoms with E-state index in [1.54, 1.807) is 20.8 Å². The van der Waals surface area contributed by atoms with Gasteiger partial charge in [-0.25, -0.2) is 13.1 Å². The fourth-order valence-corrected chi connectivity index (χ4v) is 2.66. The average Bonchev–Trinajstić information content (AvgIpc) is 2.34. The van der Waals surface area contributed by atoms with Gasteiger partial charge in [0.25, 0.3) is 0 Å². The predicted molar refractivity (Wildman–Crippen MR) is 78.7 cm³/mol. The van der Waals surface area contributed by atoms with E-state index in [0.717, 1.165) is 0 Å². The van der Waals surface area contributed by atoms with Crippen molar-refractivity contribution in [3.63, 3.8) is 0 Å². The number of benzene rings is 1. The number of carbonyl (C=O) groups excluding carboxylic acids is 1. The van der Waals surface area contributed by atoms with Gasteiger partial charge in [0.2, 0.25) is 15.9 Å². The topological polar surface area (TPSA) is 125 Å². The molecule has 0 fully saturated rings. The van der Waals surface area contributed by atoms with Gasteiger partial charge in [0, 0.05) is 5.54 Å². The quantitative estimate of drug-likeness (QED) is 0.691. The molecule has 0 spiro atoms. The molecule has 0 aliphatic heterocycles. The molecule has 0 saturated carbocycles. The van der Waals surface area contributed by atoms with Crippen molar-refractivity contribution in [2.24, 2.45) is 0 Å². The van der Waals surface area contributed by atoms with Crippen LogP contribution >= 0.6 is 0 Å². The monoisotopic (exact) mass is 310 g/mol.